The van der Waals surface area contributed by atoms with Crippen LogP contribution in [0.15, 0.2) is 46.2 Å². The smallest absolute Gasteiger partial charge is 0.161 e. The van der Waals surface area contributed by atoms with E-state index in [4.69, 9.17) is 18.9 Å². The Bertz CT molecular complexity index is 791. The Balaban J connectivity index is 1.52. The van der Waals surface area contributed by atoms with Crippen molar-refractivity contribution < 1.29 is 18.9 Å². The molecule has 8 heteroatoms. The van der Waals surface area contributed by atoms with Gasteiger partial charge in [0.1, 0.15) is 0 Å². The number of nitrogens with one attached hydrogen (secondary N) is 1. The summed E-state index contributed by atoms with van der Waals surface area (Å²) in [6.07, 6.45) is 1.10. The standard InChI is InChI=1S/C20H26N2O4S2/c1-23-17-7-5-15(11-19(17)25-3)27-21-14-9-10-22(13-14)28-16-6-8-18(24-2)20(12-16)26-4/h5-8,11-12,14,21H,9-10,13H2,1-4H3. The molecular formula is C20H26N2O4S2. The highest BCUT2D eigenvalue weighted by Gasteiger charge is 2.23. The van der Waals surface area contributed by atoms with Crippen LogP contribution < -0.4 is 23.7 Å². The van der Waals surface area contributed by atoms with Crippen molar-refractivity contribution in [3.63, 3.8) is 0 Å². The highest BCUT2D eigenvalue weighted by molar-refractivity contribution is 7.97. The molecule has 0 aliphatic carbocycles. The summed E-state index contributed by atoms with van der Waals surface area (Å²) in [5.74, 6) is 2.99. The molecule has 0 saturated carbocycles. The van der Waals surface area contributed by atoms with Crippen molar-refractivity contribution in [1.29, 1.82) is 0 Å². The van der Waals surface area contributed by atoms with Crippen molar-refractivity contribution in [1.82, 2.24) is 9.03 Å². The highest BCUT2D eigenvalue weighted by atomic mass is 32.2. The van der Waals surface area contributed by atoms with Crippen LogP contribution in [0.2, 0.25) is 0 Å². The van der Waals surface area contributed by atoms with Crippen LogP contribution in [0.5, 0.6) is 23.0 Å². The van der Waals surface area contributed by atoms with Crippen LogP contribution in [0.25, 0.3) is 0 Å². The summed E-state index contributed by atoms with van der Waals surface area (Å²) < 4.78 is 27.3. The lowest BCUT2D eigenvalue weighted by Crippen LogP contribution is -2.25. The van der Waals surface area contributed by atoms with Crippen LogP contribution >= 0.6 is 23.9 Å². The Kier molecular flexibility index (Phi) is 7.61. The van der Waals surface area contributed by atoms with Gasteiger partial charge in [-0.25, -0.2) is 4.31 Å². The first-order valence-electron chi connectivity index (χ1n) is 8.96. The van der Waals surface area contributed by atoms with Crippen molar-refractivity contribution in [3.05, 3.63) is 36.4 Å². The number of rotatable bonds is 9. The van der Waals surface area contributed by atoms with Crippen molar-refractivity contribution in [2.24, 2.45) is 0 Å². The first kappa shape index (κ1) is 21.0. The highest BCUT2D eigenvalue weighted by Crippen LogP contribution is 2.35. The molecule has 1 heterocycles. The van der Waals surface area contributed by atoms with Gasteiger partial charge in [-0.1, -0.05) is 0 Å². The maximum Gasteiger partial charge on any atom is 0.161 e. The van der Waals surface area contributed by atoms with Crippen LogP contribution in [0.3, 0.4) is 0 Å². The second-order valence-electron chi connectivity index (χ2n) is 6.22. The SMILES string of the molecule is COc1ccc(SNC2CCN(Sc3ccc(OC)c(OC)c3)C2)cc1OC. The van der Waals surface area contributed by atoms with Crippen LogP contribution in [0.1, 0.15) is 6.42 Å². The fourth-order valence-electron chi connectivity index (χ4n) is 2.96. The van der Waals surface area contributed by atoms with Gasteiger partial charge in [-0.3, -0.25) is 4.72 Å². The van der Waals surface area contributed by atoms with E-state index < -0.39 is 0 Å². The molecule has 152 valence electrons. The van der Waals surface area contributed by atoms with Gasteiger partial charge in [-0.05, 0) is 66.7 Å². The Labute approximate surface area is 175 Å². The van der Waals surface area contributed by atoms with E-state index >= 15 is 0 Å². The molecule has 0 spiro atoms. The monoisotopic (exact) mass is 422 g/mol. The lowest BCUT2D eigenvalue weighted by Gasteiger charge is -2.17. The maximum atomic E-state index is 5.39. The van der Waals surface area contributed by atoms with Crippen molar-refractivity contribution in [2.75, 3.05) is 41.5 Å². The average molecular weight is 423 g/mol. The van der Waals surface area contributed by atoms with E-state index in [2.05, 4.69) is 15.1 Å². The molecule has 0 aromatic heterocycles. The maximum absolute atomic E-state index is 5.39. The summed E-state index contributed by atoms with van der Waals surface area (Å²) >= 11 is 3.38. The lowest BCUT2D eigenvalue weighted by molar-refractivity contribution is 0.354. The number of ether oxygens (including phenoxy) is 4. The molecule has 1 fully saturated rings. The predicted octanol–water partition coefficient (Wildman–Crippen LogP) is 4.10. The third-order valence-corrected chi connectivity index (χ3v) is 6.43. The summed E-state index contributed by atoms with van der Waals surface area (Å²) in [5.41, 5.74) is 0. The van der Waals surface area contributed by atoms with E-state index in [1.807, 2.05) is 30.3 Å². The summed E-state index contributed by atoms with van der Waals surface area (Å²) in [6, 6.07) is 12.4. The minimum absolute atomic E-state index is 0.422. The third kappa shape index (κ3) is 5.20. The molecule has 1 atom stereocenters. The molecule has 3 rings (SSSR count). The lowest BCUT2D eigenvalue weighted by atomic mass is 10.3. The number of methoxy groups -OCH3 is 4. The largest absolute Gasteiger partial charge is 0.493 e. The van der Waals surface area contributed by atoms with Gasteiger partial charge in [0.25, 0.3) is 0 Å². The van der Waals surface area contributed by atoms with Gasteiger partial charge in [-0.2, -0.15) is 0 Å². The fraction of sp³-hybridized carbons (Fsp3) is 0.400. The van der Waals surface area contributed by atoms with E-state index in [-0.39, 0.29) is 0 Å². The summed E-state index contributed by atoms with van der Waals surface area (Å²) in [4.78, 5) is 2.24. The number of hydrogen-bond donors (Lipinski definition) is 1. The Morgan fingerprint density at radius 3 is 2.00 bits per heavy atom. The second kappa shape index (κ2) is 10.2. The summed E-state index contributed by atoms with van der Waals surface area (Å²) in [7, 11) is 6.61. The minimum Gasteiger partial charge on any atom is -0.493 e. The topological polar surface area (TPSA) is 52.2 Å². The van der Waals surface area contributed by atoms with Gasteiger partial charge >= 0.3 is 0 Å². The van der Waals surface area contributed by atoms with Crippen LogP contribution in [-0.2, 0) is 0 Å². The number of hydrogen-bond acceptors (Lipinski definition) is 8. The molecule has 28 heavy (non-hydrogen) atoms. The quantitative estimate of drug-likeness (QED) is 0.606. The molecule has 0 bridgehead atoms. The third-order valence-electron chi connectivity index (χ3n) is 4.44. The molecule has 0 radical (unpaired) electrons. The zero-order valence-corrected chi connectivity index (χ0v) is 18.2. The van der Waals surface area contributed by atoms with Crippen LogP contribution in [0, 0.1) is 0 Å². The molecule has 2 aromatic carbocycles. The van der Waals surface area contributed by atoms with Gasteiger partial charge < -0.3 is 18.9 Å². The molecular weight excluding hydrogens is 396 g/mol. The van der Waals surface area contributed by atoms with Crippen LogP contribution in [-0.4, -0.2) is 51.9 Å². The summed E-state index contributed by atoms with van der Waals surface area (Å²) in [5, 5.41) is 0. The van der Waals surface area contributed by atoms with Gasteiger partial charge in [-0.15, -0.1) is 0 Å². The van der Waals surface area contributed by atoms with E-state index in [0.717, 1.165) is 52.3 Å². The van der Waals surface area contributed by atoms with E-state index in [1.165, 1.54) is 0 Å². The Morgan fingerprint density at radius 1 is 0.821 bits per heavy atom. The number of benzene rings is 2. The molecule has 1 aliphatic heterocycles. The molecule has 6 nitrogen and oxygen atoms in total. The average Bonchev–Trinajstić information content (AvgIpc) is 3.19. The van der Waals surface area contributed by atoms with Gasteiger partial charge in [0, 0.05) is 28.9 Å². The minimum atomic E-state index is 0.422. The van der Waals surface area contributed by atoms with Crippen molar-refractivity contribution in [2.45, 2.75) is 22.3 Å². The van der Waals surface area contributed by atoms with Crippen molar-refractivity contribution >= 4 is 23.9 Å². The Morgan fingerprint density at radius 2 is 1.39 bits per heavy atom. The van der Waals surface area contributed by atoms with Gasteiger partial charge in [0.15, 0.2) is 23.0 Å². The first-order valence-corrected chi connectivity index (χ1v) is 10.5. The van der Waals surface area contributed by atoms with E-state index in [0.29, 0.717) is 6.04 Å². The molecule has 0 amide bonds. The normalized spacial score (nSPS) is 16.8. The number of nitrogens with zero attached hydrogens (tertiary/aromatic N) is 1. The predicted molar refractivity (Wildman–Crippen MR) is 114 cm³/mol. The molecule has 2 aromatic rings. The van der Waals surface area contributed by atoms with Crippen LogP contribution in [0.4, 0.5) is 0 Å². The van der Waals surface area contributed by atoms with E-state index in [9.17, 15) is 0 Å². The zero-order valence-electron chi connectivity index (χ0n) is 16.6. The summed E-state index contributed by atoms with van der Waals surface area (Å²) in [6.45, 7) is 2.00. The molecule has 1 unspecified atom stereocenters. The molecule has 1 saturated heterocycles. The molecule has 1 aliphatic rings. The fourth-order valence-corrected chi connectivity index (χ4v) is 4.80. The van der Waals surface area contributed by atoms with Crippen molar-refractivity contribution in [3.8, 4) is 23.0 Å². The second-order valence-corrected chi connectivity index (χ2v) is 8.30. The Hall–Kier alpha value is -1.74. The zero-order chi connectivity index (χ0) is 19.9. The molecule has 1 N–H and O–H groups in total. The van der Waals surface area contributed by atoms with E-state index in [1.54, 1.807) is 52.3 Å². The first-order chi connectivity index (χ1) is 13.7. The van der Waals surface area contributed by atoms with Gasteiger partial charge in [0.2, 0.25) is 0 Å². The van der Waals surface area contributed by atoms with Gasteiger partial charge in [0.05, 0.1) is 28.4 Å².